The third-order valence-electron chi connectivity index (χ3n) is 4.24. The summed E-state index contributed by atoms with van der Waals surface area (Å²) in [5, 5.41) is 12.9. The molecule has 0 saturated carbocycles. The van der Waals surface area contributed by atoms with E-state index in [0.29, 0.717) is 22.9 Å². The van der Waals surface area contributed by atoms with Crippen molar-refractivity contribution in [3.8, 4) is 11.3 Å². The van der Waals surface area contributed by atoms with E-state index in [0.717, 1.165) is 5.56 Å². The molecule has 0 aliphatic rings. The van der Waals surface area contributed by atoms with Crippen LogP contribution in [0.2, 0.25) is 0 Å². The molecule has 3 amide bonds. The Hall–Kier alpha value is -4.28. The SMILES string of the molecule is CN(C(=O)OC(C)(C)C)c1ccc(NC(=O)C(=O)Nc2cccc(-c3cn(C)nn3)c2)cn1. The van der Waals surface area contributed by atoms with E-state index in [-0.39, 0.29) is 0 Å². The van der Waals surface area contributed by atoms with E-state index >= 15 is 0 Å². The third-order valence-corrected chi connectivity index (χ3v) is 4.24. The predicted octanol–water partition coefficient (Wildman–Crippen LogP) is 2.83. The van der Waals surface area contributed by atoms with E-state index in [4.69, 9.17) is 4.74 Å². The molecule has 0 atom stereocenters. The van der Waals surface area contributed by atoms with E-state index in [1.165, 1.54) is 30.3 Å². The number of benzene rings is 1. The monoisotopic (exact) mass is 451 g/mol. The molecule has 2 heterocycles. The molecule has 172 valence electrons. The van der Waals surface area contributed by atoms with Gasteiger partial charge in [0.2, 0.25) is 0 Å². The first-order valence-electron chi connectivity index (χ1n) is 10.0. The smallest absolute Gasteiger partial charge is 0.415 e. The molecule has 2 aromatic heterocycles. The lowest BCUT2D eigenvalue weighted by Gasteiger charge is -2.24. The van der Waals surface area contributed by atoms with Gasteiger partial charge in [-0.3, -0.25) is 19.2 Å². The van der Waals surface area contributed by atoms with Crippen LogP contribution in [0.1, 0.15) is 20.8 Å². The number of amides is 3. The number of pyridine rings is 1. The maximum atomic E-state index is 12.3. The minimum absolute atomic E-state index is 0.296. The number of anilines is 3. The summed E-state index contributed by atoms with van der Waals surface area (Å²) in [6.45, 7) is 5.30. The maximum Gasteiger partial charge on any atom is 0.415 e. The molecule has 0 saturated heterocycles. The molecule has 0 spiro atoms. The first-order valence-corrected chi connectivity index (χ1v) is 10.0. The fraction of sp³-hybridized carbons (Fsp3) is 0.273. The van der Waals surface area contributed by atoms with Crippen molar-refractivity contribution in [3.05, 3.63) is 48.8 Å². The number of ether oxygens (including phenoxy) is 1. The lowest BCUT2D eigenvalue weighted by Crippen LogP contribution is -2.34. The van der Waals surface area contributed by atoms with Crippen molar-refractivity contribution < 1.29 is 19.1 Å². The van der Waals surface area contributed by atoms with Crippen molar-refractivity contribution in [2.45, 2.75) is 26.4 Å². The average molecular weight is 451 g/mol. The fourth-order valence-electron chi connectivity index (χ4n) is 2.69. The molecule has 0 bridgehead atoms. The predicted molar refractivity (Wildman–Crippen MR) is 123 cm³/mol. The Morgan fingerprint density at radius 3 is 2.30 bits per heavy atom. The molecule has 3 rings (SSSR count). The molecule has 11 nitrogen and oxygen atoms in total. The summed E-state index contributed by atoms with van der Waals surface area (Å²) in [5.41, 5.74) is 1.48. The summed E-state index contributed by atoms with van der Waals surface area (Å²) in [4.78, 5) is 42.1. The second-order valence-corrected chi connectivity index (χ2v) is 8.21. The van der Waals surface area contributed by atoms with Crippen molar-refractivity contribution in [2.24, 2.45) is 7.05 Å². The van der Waals surface area contributed by atoms with Gasteiger partial charge in [0.05, 0.1) is 18.1 Å². The summed E-state index contributed by atoms with van der Waals surface area (Å²) in [7, 11) is 3.28. The Balaban J connectivity index is 1.60. The quantitative estimate of drug-likeness (QED) is 0.583. The number of hydrogen-bond acceptors (Lipinski definition) is 7. The van der Waals surface area contributed by atoms with E-state index < -0.39 is 23.5 Å². The number of hydrogen-bond donors (Lipinski definition) is 2. The zero-order valence-corrected chi connectivity index (χ0v) is 19.0. The van der Waals surface area contributed by atoms with E-state index in [9.17, 15) is 14.4 Å². The van der Waals surface area contributed by atoms with Crippen LogP contribution >= 0.6 is 0 Å². The van der Waals surface area contributed by atoms with Gasteiger partial charge >= 0.3 is 17.9 Å². The molecule has 33 heavy (non-hydrogen) atoms. The molecule has 0 aliphatic carbocycles. The molecule has 3 aromatic rings. The summed E-state index contributed by atoms with van der Waals surface area (Å²) in [6.07, 6.45) is 2.52. The summed E-state index contributed by atoms with van der Waals surface area (Å²) >= 11 is 0. The molecule has 0 aliphatic heterocycles. The summed E-state index contributed by atoms with van der Waals surface area (Å²) in [6, 6.07) is 9.97. The molecular weight excluding hydrogens is 426 g/mol. The van der Waals surface area contributed by atoms with Crippen molar-refractivity contribution in [1.82, 2.24) is 20.0 Å². The maximum absolute atomic E-state index is 12.3. The number of rotatable bonds is 4. The Kier molecular flexibility index (Phi) is 6.71. The van der Waals surface area contributed by atoms with E-state index in [2.05, 4.69) is 25.9 Å². The number of nitrogens with one attached hydrogen (secondary N) is 2. The first-order chi connectivity index (χ1) is 15.5. The van der Waals surface area contributed by atoms with Crippen LogP contribution in [-0.4, -0.2) is 50.5 Å². The molecule has 0 fully saturated rings. The van der Waals surface area contributed by atoms with Gasteiger partial charge in [-0.1, -0.05) is 17.3 Å². The molecular formula is C22H25N7O4. The Bertz CT molecular complexity index is 1170. The van der Waals surface area contributed by atoms with E-state index in [1.54, 1.807) is 56.9 Å². The minimum atomic E-state index is -0.866. The number of aryl methyl sites for hydroxylation is 1. The van der Waals surface area contributed by atoms with Crippen molar-refractivity contribution in [1.29, 1.82) is 0 Å². The van der Waals surface area contributed by atoms with Gasteiger partial charge in [0.1, 0.15) is 17.1 Å². The highest BCUT2D eigenvalue weighted by Crippen LogP contribution is 2.20. The number of carbonyl (C=O) groups excluding carboxylic acids is 3. The van der Waals surface area contributed by atoms with Crippen LogP contribution in [0.5, 0.6) is 0 Å². The van der Waals surface area contributed by atoms with Gasteiger partial charge < -0.3 is 15.4 Å². The molecule has 1 aromatic carbocycles. The number of nitrogens with zero attached hydrogens (tertiary/aromatic N) is 5. The highest BCUT2D eigenvalue weighted by Gasteiger charge is 2.21. The van der Waals surface area contributed by atoms with Crippen LogP contribution in [0.4, 0.5) is 22.0 Å². The van der Waals surface area contributed by atoms with Crippen LogP contribution in [0.25, 0.3) is 11.3 Å². The van der Waals surface area contributed by atoms with Gasteiger partial charge in [0, 0.05) is 25.3 Å². The molecule has 2 N–H and O–H groups in total. The number of carbonyl (C=O) groups is 3. The van der Waals surface area contributed by atoms with Gasteiger partial charge in [-0.25, -0.2) is 9.78 Å². The largest absolute Gasteiger partial charge is 0.443 e. The van der Waals surface area contributed by atoms with Gasteiger partial charge in [0.25, 0.3) is 0 Å². The van der Waals surface area contributed by atoms with Gasteiger partial charge in [-0.15, -0.1) is 5.10 Å². The Morgan fingerprint density at radius 1 is 1.03 bits per heavy atom. The van der Waals surface area contributed by atoms with Crippen LogP contribution < -0.4 is 15.5 Å². The van der Waals surface area contributed by atoms with E-state index in [1.807, 2.05) is 6.07 Å². The van der Waals surface area contributed by atoms with Crippen molar-refractivity contribution in [3.63, 3.8) is 0 Å². The average Bonchev–Trinajstić information content (AvgIpc) is 3.19. The van der Waals surface area contributed by atoms with Crippen molar-refractivity contribution >= 4 is 35.1 Å². The molecule has 0 unspecified atom stereocenters. The first kappa shape index (κ1) is 23.4. The lowest BCUT2D eigenvalue weighted by molar-refractivity contribution is -0.133. The standard InChI is InChI=1S/C22H25N7O4/c1-22(2,3)33-21(32)29(5)18-10-9-16(12-23-18)25-20(31)19(30)24-15-8-6-7-14(11-15)17-13-28(4)27-26-17/h6-13H,1-5H3,(H,24,30)(H,25,31). The van der Waals surface area contributed by atoms with Gasteiger partial charge in [-0.2, -0.15) is 0 Å². The number of aromatic nitrogens is 4. The normalized spacial score (nSPS) is 10.9. The summed E-state index contributed by atoms with van der Waals surface area (Å²) < 4.78 is 6.86. The Morgan fingerprint density at radius 2 is 1.73 bits per heavy atom. The highest BCUT2D eigenvalue weighted by molar-refractivity contribution is 6.43. The summed E-state index contributed by atoms with van der Waals surface area (Å²) in [5.74, 6) is -1.39. The highest BCUT2D eigenvalue weighted by atomic mass is 16.6. The zero-order valence-electron chi connectivity index (χ0n) is 19.0. The van der Waals surface area contributed by atoms with Gasteiger partial charge in [-0.05, 0) is 45.0 Å². The topological polar surface area (TPSA) is 131 Å². The fourth-order valence-corrected chi connectivity index (χ4v) is 2.69. The molecule has 0 radical (unpaired) electrons. The van der Waals surface area contributed by atoms with Crippen LogP contribution in [0.15, 0.2) is 48.8 Å². The zero-order chi connectivity index (χ0) is 24.2. The van der Waals surface area contributed by atoms with Crippen LogP contribution in [0.3, 0.4) is 0 Å². The Labute approximate surface area is 190 Å². The third kappa shape index (κ3) is 6.35. The van der Waals surface area contributed by atoms with Crippen molar-refractivity contribution in [2.75, 3.05) is 22.6 Å². The van der Waals surface area contributed by atoms with Crippen LogP contribution in [0, 0.1) is 0 Å². The molecule has 11 heteroatoms. The van der Waals surface area contributed by atoms with Gasteiger partial charge in [0.15, 0.2) is 0 Å². The minimum Gasteiger partial charge on any atom is -0.443 e. The second kappa shape index (κ2) is 9.47. The second-order valence-electron chi connectivity index (χ2n) is 8.21. The van der Waals surface area contributed by atoms with Crippen LogP contribution in [-0.2, 0) is 21.4 Å². The lowest BCUT2D eigenvalue weighted by atomic mass is 10.1.